The van der Waals surface area contributed by atoms with Crippen LogP contribution >= 0.6 is 0 Å². The zero-order valence-corrected chi connectivity index (χ0v) is 11.1. The van der Waals surface area contributed by atoms with Crippen molar-refractivity contribution in [2.45, 2.75) is 76.7 Å². The van der Waals surface area contributed by atoms with Crippen molar-refractivity contribution in [3.05, 3.63) is 0 Å². The third kappa shape index (κ3) is 2.86. The molecule has 3 rings (SSSR count). The topological polar surface area (TPSA) is 20.2 Å². The van der Waals surface area contributed by atoms with Gasteiger partial charge < -0.3 is 5.11 Å². The first-order valence-electron chi connectivity index (χ1n) is 7.99. The molecular weight excluding hydrogens is 208 g/mol. The van der Waals surface area contributed by atoms with E-state index in [0.717, 1.165) is 36.5 Å². The lowest BCUT2D eigenvalue weighted by atomic mass is 9.80. The zero-order chi connectivity index (χ0) is 11.7. The minimum atomic E-state index is 0.0162. The normalized spacial score (nSPS) is 39.7. The van der Waals surface area contributed by atoms with Crippen LogP contribution in [0.5, 0.6) is 0 Å². The molecular formula is C16H28O. The van der Waals surface area contributed by atoms with E-state index in [2.05, 4.69) is 0 Å². The molecule has 3 aliphatic rings. The Labute approximate surface area is 106 Å². The van der Waals surface area contributed by atoms with Crippen molar-refractivity contribution in [2.75, 3.05) is 0 Å². The summed E-state index contributed by atoms with van der Waals surface area (Å²) in [5.41, 5.74) is 0. The summed E-state index contributed by atoms with van der Waals surface area (Å²) >= 11 is 0. The van der Waals surface area contributed by atoms with Gasteiger partial charge in [0.25, 0.3) is 0 Å². The number of hydrogen-bond donors (Lipinski definition) is 1. The number of aliphatic hydroxyl groups is 1. The highest BCUT2D eigenvalue weighted by atomic mass is 16.3. The van der Waals surface area contributed by atoms with E-state index in [0.29, 0.717) is 0 Å². The van der Waals surface area contributed by atoms with Crippen LogP contribution in [0.3, 0.4) is 0 Å². The van der Waals surface area contributed by atoms with Gasteiger partial charge in [-0.3, -0.25) is 0 Å². The number of aliphatic hydroxyl groups excluding tert-OH is 1. The highest BCUT2D eigenvalue weighted by Gasteiger charge is 2.40. The van der Waals surface area contributed by atoms with Crippen molar-refractivity contribution in [1.29, 1.82) is 0 Å². The molecule has 1 N–H and O–H groups in total. The Kier molecular flexibility index (Phi) is 3.75. The first-order chi connectivity index (χ1) is 8.31. The van der Waals surface area contributed by atoms with Gasteiger partial charge in [-0.25, -0.2) is 0 Å². The van der Waals surface area contributed by atoms with E-state index in [1.165, 1.54) is 57.8 Å². The van der Waals surface area contributed by atoms with Crippen LogP contribution < -0.4 is 0 Å². The molecule has 3 aliphatic carbocycles. The molecule has 0 radical (unpaired) electrons. The Morgan fingerprint density at radius 1 is 0.882 bits per heavy atom. The van der Waals surface area contributed by atoms with Crippen LogP contribution in [0.4, 0.5) is 0 Å². The average Bonchev–Trinajstić information content (AvgIpc) is 2.92. The largest absolute Gasteiger partial charge is 0.393 e. The second-order valence-corrected chi connectivity index (χ2v) is 7.06. The van der Waals surface area contributed by atoms with Crippen molar-refractivity contribution in [1.82, 2.24) is 0 Å². The molecule has 4 atom stereocenters. The molecule has 0 saturated heterocycles. The molecule has 0 aromatic heterocycles. The molecule has 0 spiro atoms. The second kappa shape index (κ2) is 5.30. The maximum Gasteiger partial charge on any atom is 0.0545 e. The number of fused-ring (bicyclic) bond motifs is 2. The molecule has 4 unspecified atom stereocenters. The molecule has 1 heteroatoms. The zero-order valence-electron chi connectivity index (χ0n) is 11.1. The number of rotatable bonds is 4. The summed E-state index contributed by atoms with van der Waals surface area (Å²) in [7, 11) is 0. The quantitative estimate of drug-likeness (QED) is 0.777. The molecule has 17 heavy (non-hydrogen) atoms. The van der Waals surface area contributed by atoms with Gasteiger partial charge in [-0.2, -0.15) is 0 Å². The Hall–Kier alpha value is -0.0400. The maximum atomic E-state index is 10.3. The molecule has 3 fully saturated rings. The fourth-order valence-electron chi connectivity index (χ4n) is 4.92. The highest BCUT2D eigenvalue weighted by molar-refractivity contribution is 4.91. The van der Waals surface area contributed by atoms with Crippen molar-refractivity contribution in [3.8, 4) is 0 Å². The Bertz CT molecular complexity index is 244. The third-order valence-corrected chi connectivity index (χ3v) is 5.79. The maximum absolute atomic E-state index is 10.3. The summed E-state index contributed by atoms with van der Waals surface area (Å²) < 4.78 is 0. The molecule has 0 aromatic carbocycles. The van der Waals surface area contributed by atoms with E-state index in [9.17, 15) is 5.11 Å². The third-order valence-electron chi connectivity index (χ3n) is 5.79. The van der Waals surface area contributed by atoms with Gasteiger partial charge in [0, 0.05) is 0 Å². The van der Waals surface area contributed by atoms with Gasteiger partial charge in [0.2, 0.25) is 0 Å². The van der Waals surface area contributed by atoms with E-state index in [-0.39, 0.29) is 6.10 Å². The van der Waals surface area contributed by atoms with Crippen LogP contribution in [0.1, 0.15) is 70.6 Å². The predicted octanol–water partition coefficient (Wildman–Crippen LogP) is 4.14. The van der Waals surface area contributed by atoms with Gasteiger partial charge in [0.1, 0.15) is 0 Å². The molecule has 0 aromatic rings. The van der Waals surface area contributed by atoms with E-state index >= 15 is 0 Å². The van der Waals surface area contributed by atoms with E-state index in [4.69, 9.17) is 0 Å². The summed E-state index contributed by atoms with van der Waals surface area (Å²) in [6.07, 6.45) is 15.1. The monoisotopic (exact) mass is 236 g/mol. The summed E-state index contributed by atoms with van der Waals surface area (Å²) in [6.45, 7) is 0. The highest BCUT2D eigenvalue weighted by Crippen LogP contribution is 2.50. The lowest BCUT2D eigenvalue weighted by Crippen LogP contribution is -2.22. The van der Waals surface area contributed by atoms with E-state index in [1.807, 2.05) is 0 Å². The SMILES string of the molecule is OC(CC1CCCCC1)CC1CC2CCC1C2. The fraction of sp³-hybridized carbons (Fsp3) is 1.00. The lowest BCUT2D eigenvalue weighted by molar-refractivity contribution is 0.0920. The van der Waals surface area contributed by atoms with Crippen LogP contribution in [0.2, 0.25) is 0 Å². The van der Waals surface area contributed by atoms with Gasteiger partial charge in [-0.15, -0.1) is 0 Å². The van der Waals surface area contributed by atoms with Crippen molar-refractivity contribution >= 4 is 0 Å². The van der Waals surface area contributed by atoms with Gasteiger partial charge >= 0.3 is 0 Å². The summed E-state index contributed by atoms with van der Waals surface area (Å²) in [6, 6.07) is 0. The number of hydrogen-bond acceptors (Lipinski definition) is 1. The van der Waals surface area contributed by atoms with Crippen molar-refractivity contribution in [3.63, 3.8) is 0 Å². The minimum Gasteiger partial charge on any atom is -0.393 e. The first-order valence-corrected chi connectivity index (χ1v) is 7.99. The van der Waals surface area contributed by atoms with Crippen LogP contribution in [0.25, 0.3) is 0 Å². The van der Waals surface area contributed by atoms with E-state index in [1.54, 1.807) is 0 Å². The van der Waals surface area contributed by atoms with Crippen LogP contribution in [0.15, 0.2) is 0 Å². The molecule has 1 nitrogen and oxygen atoms in total. The summed E-state index contributed by atoms with van der Waals surface area (Å²) in [4.78, 5) is 0. The van der Waals surface area contributed by atoms with Crippen molar-refractivity contribution in [2.24, 2.45) is 23.7 Å². The Balaban J connectivity index is 1.42. The van der Waals surface area contributed by atoms with E-state index < -0.39 is 0 Å². The predicted molar refractivity (Wildman–Crippen MR) is 70.8 cm³/mol. The molecule has 98 valence electrons. The smallest absolute Gasteiger partial charge is 0.0545 e. The Morgan fingerprint density at radius 2 is 1.71 bits per heavy atom. The van der Waals surface area contributed by atoms with Gasteiger partial charge in [0.15, 0.2) is 0 Å². The van der Waals surface area contributed by atoms with Gasteiger partial charge in [0.05, 0.1) is 6.10 Å². The Morgan fingerprint density at radius 3 is 2.35 bits per heavy atom. The average molecular weight is 236 g/mol. The molecule has 0 aliphatic heterocycles. The molecule has 2 bridgehead atoms. The van der Waals surface area contributed by atoms with Gasteiger partial charge in [-0.05, 0) is 55.8 Å². The molecule has 0 amide bonds. The molecule has 3 saturated carbocycles. The van der Waals surface area contributed by atoms with Gasteiger partial charge in [-0.1, -0.05) is 38.5 Å². The summed E-state index contributed by atoms with van der Waals surface area (Å²) in [5, 5.41) is 10.3. The fourth-order valence-corrected chi connectivity index (χ4v) is 4.92. The second-order valence-electron chi connectivity index (χ2n) is 7.06. The van der Waals surface area contributed by atoms with Crippen LogP contribution in [-0.4, -0.2) is 11.2 Å². The summed E-state index contributed by atoms with van der Waals surface area (Å²) in [5.74, 6) is 3.75. The first kappa shape index (κ1) is 12.0. The lowest BCUT2D eigenvalue weighted by Gasteiger charge is -2.28. The van der Waals surface area contributed by atoms with Crippen LogP contribution in [-0.2, 0) is 0 Å². The van der Waals surface area contributed by atoms with Crippen molar-refractivity contribution < 1.29 is 5.11 Å². The standard InChI is InChI=1S/C16H28O/c17-16(10-12-4-2-1-3-5-12)11-15-9-13-6-7-14(15)8-13/h12-17H,1-11H2. The minimum absolute atomic E-state index is 0.0162. The molecule has 0 heterocycles. The van der Waals surface area contributed by atoms with Crippen LogP contribution in [0, 0.1) is 23.7 Å².